The molecular weight excluding hydrogens is 455 g/mol. The summed E-state index contributed by atoms with van der Waals surface area (Å²) in [5, 5.41) is 9.32. The van der Waals surface area contributed by atoms with Gasteiger partial charge in [0.1, 0.15) is 9.84 Å². The third-order valence-electron chi connectivity index (χ3n) is 4.03. The van der Waals surface area contributed by atoms with Crippen molar-refractivity contribution in [3.8, 4) is 0 Å². The maximum Gasteiger partial charge on any atom is 0.223 e. The molecule has 0 aromatic carbocycles. The molecule has 1 rings (SSSR count). The van der Waals surface area contributed by atoms with Crippen molar-refractivity contribution in [1.29, 1.82) is 0 Å². The van der Waals surface area contributed by atoms with Crippen LogP contribution in [0, 0.1) is 5.92 Å². The summed E-state index contributed by atoms with van der Waals surface area (Å²) in [5.41, 5.74) is 0. The van der Waals surface area contributed by atoms with Crippen molar-refractivity contribution in [2.24, 2.45) is 10.9 Å². The lowest BCUT2D eigenvalue weighted by atomic mass is 9.85. The van der Waals surface area contributed by atoms with Gasteiger partial charge in [-0.1, -0.05) is 6.42 Å². The molecule has 148 valence electrons. The lowest BCUT2D eigenvalue weighted by molar-refractivity contribution is -0.127. The summed E-state index contributed by atoms with van der Waals surface area (Å²) in [5.74, 6) is 1.24. The first kappa shape index (κ1) is 24.4. The number of hydrogen-bond donors (Lipinski definition) is 3. The van der Waals surface area contributed by atoms with E-state index in [1.807, 2.05) is 13.8 Å². The Labute approximate surface area is 169 Å². The molecule has 1 unspecified atom stereocenters. The molecule has 0 bridgehead atoms. The van der Waals surface area contributed by atoms with E-state index in [-0.39, 0.29) is 47.6 Å². The number of nitrogens with zero attached hydrogens (tertiary/aromatic N) is 1. The highest BCUT2D eigenvalue weighted by atomic mass is 127. The third-order valence-corrected chi connectivity index (χ3v) is 5.01. The zero-order chi connectivity index (χ0) is 18.0. The van der Waals surface area contributed by atoms with E-state index in [2.05, 4.69) is 20.9 Å². The topological polar surface area (TPSA) is 99.7 Å². The van der Waals surface area contributed by atoms with Crippen LogP contribution in [0.1, 0.15) is 46.0 Å². The molecule has 0 aromatic heterocycles. The number of sulfone groups is 1. The van der Waals surface area contributed by atoms with E-state index in [1.54, 1.807) is 0 Å². The van der Waals surface area contributed by atoms with Crippen LogP contribution in [0.25, 0.3) is 0 Å². The molecule has 7 nitrogen and oxygen atoms in total. The number of halogens is 1. The Bertz CT molecular complexity index is 521. The lowest BCUT2D eigenvalue weighted by Gasteiger charge is -2.23. The fourth-order valence-corrected chi connectivity index (χ4v) is 3.09. The molecule has 0 aliphatic heterocycles. The average Bonchev–Trinajstić information content (AvgIpc) is 2.42. The number of carbonyl (C=O) groups is 1. The molecule has 25 heavy (non-hydrogen) atoms. The highest BCUT2D eigenvalue weighted by molar-refractivity contribution is 14.0. The van der Waals surface area contributed by atoms with Gasteiger partial charge >= 0.3 is 0 Å². The van der Waals surface area contributed by atoms with Gasteiger partial charge < -0.3 is 16.0 Å². The van der Waals surface area contributed by atoms with Gasteiger partial charge in [-0.05, 0) is 39.5 Å². The van der Waals surface area contributed by atoms with Crippen LogP contribution in [-0.4, -0.2) is 58.0 Å². The summed E-state index contributed by atoms with van der Waals surface area (Å²) in [6.45, 7) is 5.91. The quantitative estimate of drug-likeness (QED) is 0.186. The summed E-state index contributed by atoms with van der Waals surface area (Å²) in [4.78, 5) is 16.2. The van der Waals surface area contributed by atoms with Crippen molar-refractivity contribution in [3.63, 3.8) is 0 Å². The van der Waals surface area contributed by atoms with Crippen LogP contribution in [0.4, 0.5) is 0 Å². The Morgan fingerprint density at radius 1 is 1.28 bits per heavy atom. The largest absolute Gasteiger partial charge is 0.357 e. The van der Waals surface area contributed by atoms with Crippen LogP contribution in [0.2, 0.25) is 0 Å². The highest BCUT2D eigenvalue weighted by Crippen LogP contribution is 2.25. The van der Waals surface area contributed by atoms with Gasteiger partial charge in [0.2, 0.25) is 5.91 Å². The minimum Gasteiger partial charge on any atom is -0.357 e. The van der Waals surface area contributed by atoms with Crippen molar-refractivity contribution >= 4 is 45.7 Å². The van der Waals surface area contributed by atoms with E-state index < -0.39 is 9.84 Å². The fourth-order valence-electron chi connectivity index (χ4n) is 2.31. The molecule has 0 heterocycles. The monoisotopic (exact) mass is 488 g/mol. The van der Waals surface area contributed by atoms with Crippen LogP contribution >= 0.6 is 24.0 Å². The van der Waals surface area contributed by atoms with Gasteiger partial charge in [-0.2, -0.15) is 0 Å². The van der Waals surface area contributed by atoms with Gasteiger partial charge in [-0.25, -0.2) is 8.42 Å². The first-order chi connectivity index (χ1) is 11.3. The Balaban J connectivity index is 0.00000576. The van der Waals surface area contributed by atoms with E-state index in [1.165, 1.54) is 6.26 Å². The van der Waals surface area contributed by atoms with E-state index >= 15 is 0 Å². The molecule has 1 atom stereocenters. The van der Waals surface area contributed by atoms with Crippen LogP contribution in [0.15, 0.2) is 4.99 Å². The van der Waals surface area contributed by atoms with E-state index in [9.17, 15) is 13.2 Å². The summed E-state index contributed by atoms with van der Waals surface area (Å²) < 4.78 is 22.4. The molecular formula is C16H33IN4O3S. The minimum atomic E-state index is -2.94. The molecule has 1 amide bonds. The molecule has 1 saturated carbocycles. The maximum absolute atomic E-state index is 11.7. The van der Waals surface area contributed by atoms with E-state index in [0.29, 0.717) is 25.5 Å². The molecule has 1 aliphatic rings. The summed E-state index contributed by atoms with van der Waals surface area (Å²) in [7, 11) is -2.94. The lowest BCUT2D eigenvalue weighted by Crippen LogP contribution is -2.43. The third kappa shape index (κ3) is 11.6. The smallest absolute Gasteiger partial charge is 0.223 e. The standard InChI is InChI=1S/C16H32N4O3S.HI/c1-4-17-16(20-13(2)9-12-24(3,22)23)19-11-6-10-18-15(21)14-7-5-8-14;/h13-14H,4-12H2,1-3H3,(H,18,21)(H2,17,19,20);1H. The molecule has 0 radical (unpaired) electrons. The van der Waals surface area contributed by atoms with Gasteiger partial charge in [-0.15, -0.1) is 24.0 Å². The SMILES string of the molecule is CCNC(=NCCCNC(=O)C1CCC1)NC(C)CCS(C)(=O)=O.I. The molecule has 3 N–H and O–H groups in total. The summed E-state index contributed by atoms with van der Waals surface area (Å²) in [6, 6.07) is 0.0239. The number of nitrogens with one attached hydrogen (secondary N) is 3. The Hall–Kier alpha value is -0.580. The highest BCUT2D eigenvalue weighted by Gasteiger charge is 2.24. The van der Waals surface area contributed by atoms with Gasteiger partial charge in [0.25, 0.3) is 0 Å². The van der Waals surface area contributed by atoms with Crippen molar-refractivity contribution in [1.82, 2.24) is 16.0 Å². The number of aliphatic imine (C=N–C) groups is 1. The number of rotatable bonds is 10. The number of guanidine groups is 1. The second-order valence-electron chi connectivity index (χ2n) is 6.50. The Morgan fingerprint density at radius 3 is 2.48 bits per heavy atom. The number of amides is 1. The van der Waals surface area contributed by atoms with Gasteiger partial charge in [0.15, 0.2) is 5.96 Å². The predicted octanol–water partition coefficient (Wildman–Crippen LogP) is 1.29. The van der Waals surface area contributed by atoms with Gasteiger partial charge in [-0.3, -0.25) is 9.79 Å². The first-order valence-electron chi connectivity index (χ1n) is 8.82. The molecule has 1 aliphatic carbocycles. The van der Waals surface area contributed by atoms with E-state index in [4.69, 9.17) is 0 Å². The van der Waals surface area contributed by atoms with Crippen LogP contribution in [0.3, 0.4) is 0 Å². The number of carbonyl (C=O) groups excluding carboxylic acids is 1. The maximum atomic E-state index is 11.7. The van der Waals surface area contributed by atoms with Crippen LogP contribution in [-0.2, 0) is 14.6 Å². The molecule has 9 heteroatoms. The van der Waals surface area contributed by atoms with Crippen molar-refractivity contribution < 1.29 is 13.2 Å². The summed E-state index contributed by atoms with van der Waals surface area (Å²) in [6.07, 6.45) is 5.77. The average molecular weight is 488 g/mol. The van der Waals surface area contributed by atoms with Gasteiger partial charge in [0, 0.05) is 37.8 Å². The molecule has 0 spiro atoms. The zero-order valence-corrected chi connectivity index (χ0v) is 18.7. The van der Waals surface area contributed by atoms with Crippen LogP contribution in [0.5, 0.6) is 0 Å². The molecule has 0 saturated heterocycles. The van der Waals surface area contributed by atoms with Gasteiger partial charge in [0.05, 0.1) is 5.75 Å². The first-order valence-corrected chi connectivity index (χ1v) is 10.9. The second-order valence-corrected chi connectivity index (χ2v) is 8.76. The zero-order valence-electron chi connectivity index (χ0n) is 15.5. The molecule has 1 fully saturated rings. The van der Waals surface area contributed by atoms with Crippen molar-refractivity contribution in [2.45, 2.75) is 52.0 Å². The fraction of sp³-hybridized carbons (Fsp3) is 0.875. The normalized spacial score (nSPS) is 16.4. The van der Waals surface area contributed by atoms with Crippen LogP contribution < -0.4 is 16.0 Å². The van der Waals surface area contributed by atoms with Crippen molar-refractivity contribution in [2.75, 3.05) is 31.6 Å². The number of hydrogen-bond acceptors (Lipinski definition) is 4. The predicted molar refractivity (Wildman–Crippen MR) is 113 cm³/mol. The second kappa shape index (κ2) is 12.7. The minimum absolute atomic E-state index is 0. The van der Waals surface area contributed by atoms with Crippen molar-refractivity contribution in [3.05, 3.63) is 0 Å². The van der Waals surface area contributed by atoms with E-state index in [0.717, 1.165) is 32.2 Å². The summed E-state index contributed by atoms with van der Waals surface area (Å²) >= 11 is 0. The Kier molecular flexibility index (Phi) is 12.4. The Morgan fingerprint density at radius 2 is 1.96 bits per heavy atom. The molecule has 0 aromatic rings.